The Hall–Kier alpha value is -2.16. The number of carbonyl (C=O) groups is 1. The predicted molar refractivity (Wildman–Crippen MR) is 114 cm³/mol. The zero-order valence-corrected chi connectivity index (χ0v) is 17.3. The molecule has 0 unspecified atom stereocenters. The standard InChI is InChI=1S/C23H27N3OS/c1-26(20-11-6-8-16-7-2-3-9-17(16)20)14-13-22(27)25-23-19(15-24)18-10-4-5-12-21(18)28-23/h2-3,7,9,20H,4-6,8,10-14H2,1H3,(H,25,27)/t20-/m0/s1. The van der Waals surface area contributed by atoms with Crippen LogP contribution in [-0.2, 0) is 24.1 Å². The van der Waals surface area contributed by atoms with Crippen molar-refractivity contribution >= 4 is 22.2 Å². The molecular formula is C23H27N3OS. The summed E-state index contributed by atoms with van der Waals surface area (Å²) in [5.41, 5.74) is 4.72. The first kappa shape index (κ1) is 19.2. The van der Waals surface area contributed by atoms with E-state index in [-0.39, 0.29) is 5.91 Å². The Bertz CT molecular complexity index is 911. The molecule has 0 aliphatic heterocycles. The normalized spacial score (nSPS) is 18.2. The molecule has 1 aromatic carbocycles. The quantitative estimate of drug-likeness (QED) is 0.791. The van der Waals surface area contributed by atoms with Gasteiger partial charge in [0.2, 0.25) is 5.91 Å². The second-order valence-corrected chi connectivity index (χ2v) is 9.02. The van der Waals surface area contributed by atoms with E-state index in [0.29, 0.717) is 18.0 Å². The first-order valence-electron chi connectivity index (χ1n) is 10.3. The highest BCUT2D eigenvalue weighted by Crippen LogP contribution is 2.38. The molecule has 28 heavy (non-hydrogen) atoms. The van der Waals surface area contributed by atoms with Gasteiger partial charge in [0, 0.05) is 23.9 Å². The maximum Gasteiger partial charge on any atom is 0.226 e. The van der Waals surface area contributed by atoms with E-state index in [2.05, 4.69) is 47.6 Å². The second-order valence-electron chi connectivity index (χ2n) is 7.91. The summed E-state index contributed by atoms with van der Waals surface area (Å²) in [6.07, 6.45) is 8.26. The van der Waals surface area contributed by atoms with Crippen LogP contribution in [0.3, 0.4) is 0 Å². The Kier molecular flexibility index (Phi) is 5.79. The van der Waals surface area contributed by atoms with Crippen LogP contribution in [0.5, 0.6) is 0 Å². The van der Waals surface area contributed by atoms with Crippen LogP contribution in [0.25, 0.3) is 0 Å². The van der Waals surface area contributed by atoms with Crippen molar-refractivity contribution in [2.75, 3.05) is 18.9 Å². The van der Waals surface area contributed by atoms with Gasteiger partial charge < -0.3 is 5.32 Å². The molecule has 4 rings (SSSR count). The molecule has 5 heteroatoms. The molecule has 4 nitrogen and oxygen atoms in total. The van der Waals surface area contributed by atoms with Crippen molar-refractivity contribution in [3.8, 4) is 6.07 Å². The Labute approximate surface area is 171 Å². The number of hydrogen-bond donors (Lipinski definition) is 1. The zero-order valence-electron chi connectivity index (χ0n) is 16.5. The maximum absolute atomic E-state index is 12.6. The largest absolute Gasteiger partial charge is 0.317 e. The topological polar surface area (TPSA) is 56.1 Å². The van der Waals surface area contributed by atoms with Crippen LogP contribution in [0.2, 0.25) is 0 Å². The average molecular weight is 394 g/mol. The number of thiophene rings is 1. The summed E-state index contributed by atoms with van der Waals surface area (Å²) in [5.74, 6) is 0.00559. The third-order valence-corrected chi connectivity index (χ3v) is 7.30. The molecule has 1 atom stereocenters. The molecule has 1 N–H and O–H groups in total. The van der Waals surface area contributed by atoms with Crippen molar-refractivity contribution in [1.29, 1.82) is 5.26 Å². The highest BCUT2D eigenvalue weighted by Gasteiger charge is 2.25. The fraction of sp³-hybridized carbons (Fsp3) is 0.478. The highest BCUT2D eigenvalue weighted by atomic mass is 32.1. The Morgan fingerprint density at radius 3 is 2.93 bits per heavy atom. The molecule has 0 bridgehead atoms. The van der Waals surface area contributed by atoms with Crippen LogP contribution in [0.15, 0.2) is 24.3 Å². The third-order valence-electron chi connectivity index (χ3n) is 6.10. The summed E-state index contributed by atoms with van der Waals surface area (Å²) in [6.45, 7) is 0.720. The van der Waals surface area contributed by atoms with Crippen LogP contribution in [0.4, 0.5) is 5.00 Å². The number of hydrogen-bond acceptors (Lipinski definition) is 4. The smallest absolute Gasteiger partial charge is 0.226 e. The van der Waals surface area contributed by atoms with E-state index < -0.39 is 0 Å². The number of carbonyl (C=O) groups excluding carboxylic acids is 1. The van der Waals surface area contributed by atoms with E-state index in [0.717, 1.165) is 43.6 Å². The number of aryl methyl sites for hydroxylation is 2. The van der Waals surface area contributed by atoms with Crippen molar-refractivity contribution in [3.63, 3.8) is 0 Å². The van der Waals surface area contributed by atoms with Crippen LogP contribution >= 0.6 is 11.3 Å². The van der Waals surface area contributed by atoms with E-state index in [4.69, 9.17) is 0 Å². The monoisotopic (exact) mass is 393 g/mol. The minimum absolute atomic E-state index is 0.00559. The molecule has 2 aromatic rings. The van der Waals surface area contributed by atoms with E-state index in [1.54, 1.807) is 11.3 Å². The van der Waals surface area contributed by atoms with Crippen LogP contribution < -0.4 is 5.32 Å². The van der Waals surface area contributed by atoms with Gasteiger partial charge in [-0.25, -0.2) is 0 Å². The predicted octanol–water partition coefficient (Wildman–Crippen LogP) is 4.84. The maximum atomic E-state index is 12.6. The summed E-state index contributed by atoms with van der Waals surface area (Å²) in [5, 5.41) is 13.3. The minimum atomic E-state index is 0.00559. The number of amides is 1. The number of nitrogens with one attached hydrogen (secondary N) is 1. The van der Waals surface area contributed by atoms with Crippen LogP contribution in [0, 0.1) is 11.3 Å². The number of nitrogens with zero attached hydrogens (tertiary/aromatic N) is 2. The van der Waals surface area contributed by atoms with Gasteiger partial charge in [-0.2, -0.15) is 5.26 Å². The van der Waals surface area contributed by atoms with Crippen LogP contribution in [0.1, 0.15) is 65.3 Å². The van der Waals surface area contributed by atoms with Gasteiger partial charge in [-0.3, -0.25) is 9.69 Å². The second kappa shape index (κ2) is 8.46. The number of nitriles is 1. The summed E-state index contributed by atoms with van der Waals surface area (Å²) >= 11 is 1.60. The molecule has 2 aliphatic rings. The molecule has 0 fully saturated rings. The first-order chi connectivity index (χ1) is 13.7. The summed E-state index contributed by atoms with van der Waals surface area (Å²) < 4.78 is 0. The number of benzene rings is 1. The molecule has 0 saturated carbocycles. The van der Waals surface area contributed by atoms with Gasteiger partial charge in [-0.15, -0.1) is 11.3 Å². The SMILES string of the molecule is CN(CCC(=O)Nc1sc2c(c1C#N)CCCC2)[C@H]1CCCc2ccccc21. The Balaban J connectivity index is 1.38. The van der Waals surface area contributed by atoms with Gasteiger partial charge in [-0.05, 0) is 68.7 Å². The number of anilines is 1. The zero-order chi connectivity index (χ0) is 19.5. The molecule has 1 aromatic heterocycles. The fourth-order valence-electron chi connectivity index (χ4n) is 4.58. The van der Waals surface area contributed by atoms with Crippen molar-refractivity contribution in [3.05, 3.63) is 51.4 Å². The average Bonchev–Trinajstić information content (AvgIpc) is 3.08. The lowest BCUT2D eigenvalue weighted by molar-refractivity contribution is -0.116. The molecule has 0 spiro atoms. The van der Waals surface area contributed by atoms with Crippen molar-refractivity contribution in [1.82, 2.24) is 4.90 Å². The van der Waals surface area contributed by atoms with Gasteiger partial charge >= 0.3 is 0 Å². The molecular weight excluding hydrogens is 366 g/mol. The first-order valence-corrected chi connectivity index (χ1v) is 11.1. The van der Waals surface area contributed by atoms with Gasteiger partial charge in [0.05, 0.1) is 5.56 Å². The molecule has 2 aliphatic carbocycles. The molecule has 1 heterocycles. The van der Waals surface area contributed by atoms with E-state index in [1.807, 2.05) is 0 Å². The van der Waals surface area contributed by atoms with Gasteiger partial charge in [-0.1, -0.05) is 24.3 Å². The van der Waals surface area contributed by atoms with Crippen molar-refractivity contribution in [2.45, 2.75) is 57.4 Å². The van der Waals surface area contributed by atoms with E-state index in [9.17, 15) is 10.1 Å². The van der Waals surface area contributed by atoms with E-state index in [1.165, 1.54) is 34.4 Å². The van der Waals surface area contributed by atoms with E-state index >= 15 is 0 Å². The number of rotatable bonds is 5. The van der Waals surface area contributed by atoms with Gasteiger partial charge in [0.1, 0.15) is 11.1 Å². The molecule has 1 amide bonds. The summed E-state index contributed by atoms with van der Waals surface area (Å²) in [7, 11) is 2.12. The number of fused-ring (bicyclic) bond motifs is 2. The third kappa shape index (κ3) is 3.85. The Morgan fingerprint density at radius 2 is 2.07 bits per heavy atom. The minimum Gasteiger partial charge on any atom is -0.317 e. The highest BCUT2D eigenvalue weighted by molar-refractivity contribution is 7.16. The molecule has 0 saturated heterocycles. The lowest BCUT2D eigenvalue weighted by Crippen LogP contribution is -2.30. The van der Waals surface area contributed by atoms with Crippen LogP contribution in [-0.4, -0.2) is 24.4 Å². The van der Waals surface area contributed by atoms with Gasteiger partial charge in [0.15, 0.2) is 0 Å². The lowest BCUT2D eigenvalue weighted by atomic mass is 9.87. The molecule has 0 radical (unpaired) electrons. The summed E-state index contributed by atoms with van der Waals surface area (Å²) in [6, 6.07) is 11.4. The van der Waals surface area contributed by atoms with Gasteiger partial charge in [0.25, 0.3) is 0 Å². The van der Waals surface area contributed by atoms with Crippen molar-refractivity contribution < 1.29 is 4.79 Å². The summed E-state index contributed by atoms with van der Waals surface area (Å²) in [4.78, 5) is 16.2. The lowest BCUT2D eigenvalue weighted by Gasteiger charge is -2.33. The molecule has 146 valence electrons. The Morgan fingerprint density at radius 1 is 1.25 bits per heavy atom. The fourth-order valence-corrected chi connectivity index (χ4v) is 5.84. The van der Waals surface area contributed by atoms with Crippen molar-refractivity contribution in [2.24, 2.45) is 0 Å².